The van der Waals surface area contributed by atoms with Crippen molar-refractivity contribution in [2.45, 2.75) is 24.4 Å². The number of epoxide rings is 1. The van der Waals surface area contributed by atoms with E-state index in [0.29, 0.717) is 13.2 Å². The second-order valence-electron chi connectivity index (χ2n) is 3.30. The number of aliphatic hydroxyl groups is 4. The summed E-state index contributed by atoms with van der Waals surface area (Å²) in [5, 5.41) is 35.9. The van der Waals surface area contributed by atoms with Gasteiger partial charge in [-0.1, -0.05) is 0 Å². The van der Waals surface area contributed by atoms with E-state index in [4.69, 9.17) is 19.7 Å². The summed E-state index contributed by atoms with van der Waals surface area (Å²) < 4.78 is 9.87. The first kappa shape index (κ1) is 11.8. The molecule has 0 saturated carbocycles. The average Bonchev–Trinajstić information content (AvgIpc) is 2.99. The molecule has 0 aromatic rings. The molecule has 1 aliphatic rings. The fourth-order valence-corrected chi connectivity index (χ4v) is 0.948. The molecule has 1 aliphatic heterocycles. The predicted octanol–water partition coefficient (Wildman–Crippen LogP) is -2.52. The largest absolute Gasteiger partial charge is 0.394 e. The fraction of sp³-hybridized carbons (Fsp3) is 1.00. The molecule has 1 unspecified atom stereocenters. The Morgan fingerprint density at radius 2 is 1.93 bits per heavy atom. The van der Waals surface area contributed by atoms with E-state index in [-0.39, 0.29) is 12.7 Å². The molecule has 1 heterocycles. The highest BCUT2D eigenvalue weighted by Gasteiger charge is 2.26. The summed E-state index contributed by atoms with van der Waals surface area (Å²) in [4.78, 5) is 0. The molecule has 1 fully saturated rings. The van der Waals surface area contributed by atoms with Crippen LogP contribution in [0.15, 0.2) is 0 Å². The van der Waals surface area contributed by atoms with E-state index in [1.807, 2.05) is 0 Å². The maximum absolute atomic E-state index is 9.27. The molecule has 0 spiro atoms. The summed E-state index contributed by atoms with van der Waals surface area (Å²) in [5.41, 5.74) is 0. The van der Waals surface area contributed by atoms with Crippen molar-refractivity contribution in [1.29, 1.82) is 0 Å². The van der Waals surface area contributed by atoms with Crippen molar-refractivity contribution in [2.24, 2.45) is 0 Å². The molecule has 0 aliphatic carbocycles. The number of rotatable bonds is 7. The van der Waals surface area contributed by atoms with Crippen molar-refractivity contribution in [3.63, 3.8) is 0 Å². The van der Waals surface area contributed by atoms with Gasteiger partial charge in [0.1, 0.15) is 24.4 Å². The first-order chi connectivity index (χ1) is 6.65. The van der Waals surface area contributed by atoms with Gasteiger partial charge in [0.05, 0.1) is 26.4 Å². The van der Waals surface area contributed by atoms with Gasteiger partial charge in [0.25, 0.3) is 0 Å². The molecular weight excluding hydrogens is 192 g/mol. The topological polar surface area (TPSA) is 103 Å². The van der Waals surface area contributed by atoms with E-state index in [1.54, 1.807) is 0 Å². The zero-order valence-electron chi connectivity index (χ0n) is 7.74. The van der Waals surface area contributed by atoms with E-state index in [9.17, 15) is 10.2 Å². The highest BCUT2D eigenvalue weighted by atomic mass is 16.6. The lowest BCUT2D eigenvalue weighted by atomic mass is 10.1. The summed E-state index contributed by atoms with van der Waals surface area (Å²) >= 11 is 0. The molecule has 1 rings (SSSR count). The highest BCUT2D eigenvalue weighted by molar-refractivity contribution is 4.75. The third-order valence-electron chi connectivity index (χ3n) is 1.97. The normalized spacial score (nSPS) is 27.0. The Labute approximate surface area is 81.7 Å². The van der Waals surface area contributed by atoms with Gasteiger partial charge >= 0.3 is 0 Å². The molecule has 84 valence electrons. The lowest BCUT2D eigenvalue weighted by molar-refractivity contribution is -0.100. The standard InChI is InChI=1S/C8H16O6/c9-1-6(10)8(12)7(11)4-13-2-5-3-14-5/h5-12H,1-4H2/t5?,6-,7+,8+/m1/s1. The van der Waals surface area contributed by atoms with Crippen LogP contribution in [0.5, 0.6) is 0 Å². The highest BCUT2D eigenvalue weighted by Crippen LogP contribution is 2.09. The van der Waals surface area contributed by atoms with Gasteiger partial charge < -0.3 is 29.9 Å². The van der Waals surface area contributed by atoms with Crippen LogP contribution in [0, 0.1) is 0 Å². The first-order valence-corrected chi connectivity index (χ1v) is 4.49. The smallest absolute Gasteiger partial charge is 0.110 e. The monoisotopic (exact) mass is 208 g/mol. The minimum Gasteiger partial charge on any atom is -0.394 e. The van der Waals surface area contributed by atoms with E-state index >= 15 is 0 Å². The van der Waals surface area contributed by atoms with Crippen LogP contribution in [0.2, 0.25) is 0 Å². The van der Waals surface area contributed by atoms with E-state index in [2.05, 4.69) is 0 Å². The fourth-order valence-electron chi connectivity index (χ4n) is 0.948. The van der Waals surface area contributed by atoms with Gasteiger partial charge in [-0.25, -0.2) is 0 Å². The van der Waals surface area contributed by atoms with Gasteiger partial charge in [-0.3, -0.25) is 0 Å². The van der Waals surface area contributed by atoms with Gasteiger partial charge in [-0.2, -0.15) is 0 Å². The van der Waals surface area contributed by atoms with Crippen LogP contribution in [-0.2, 0) is 9.47 Å². The van der Waals surface area contributed by atoms with Crippen LogP contribution in [-0.4, -0.2) is 71.3 Å². The van der Waals surface area contributed by atoms with Gasteiger partial charge in [0, 0.05) is 0 Å². The van der Waals surface area contributed by atoms with Crippen LogP contribution in [0.25, 0.3) is 0 Å². The molecular formula is C8H16O6. The number of hydrogen-bond donors (Lipinski definition) is 4. The minimum absolute atomic E-state index is 0.0852. The zero-order valence-corrected chi connectivity index (χ0v) is 7.74. The molecule has 6 heteroatoms. The Bertz CT molecular complexity index is 160. The van der Waals surface area contributed by atoms with E-state index in [0.717, 1.165) is 0 Å². The molecule has 6 nitrogen and oxygen atoms in total. The van der Waals surface area contributed by atoms with Gasteiger partial charge in [0.2, 0.25) is 0 Å². The minimum atomic E-state index is -1.39. The molecule has 0 amide bonds. The Morgan fingerprint density at radius 3 is 2.43 bits per heavy atom. The van der Waals surface area contributed by atoms with Crippen molar-refractivity contribution in [3.8, 4) is 0 Å². The maximum Gasteiger partial charge on any atom is 0.110 e. The lowest BCUT2D eigenvalue weighted by Crippen LogP contribution is -2.42. The second kappa shape index (κ2) is 5.59. The first-order valence-electron chi connectivity index (χ1n) is 4.49. The summed E-state index contributed by atoms with van der Waals surface area (Å²) in [7, 11) is 0. The molecule has 1 saturated heterocycles. The van der Waals surface area contributed by atoms with Crippen LogP contribution < -0.4 is 0 Å². The maximum atomic E-state index is 9.27. The zero-order chi connectivity index (χ0) is 10.6. The number of hydrogen-bond acceptors (Lipinski definition) is 6. The molecule has 0 bridgehead atoms. The van der Waals surface area contributed by atoms with Crippen molar-refractivity contribution < 1.29 is 29.9 Å². The van der Waals surface area contributed by atoms with Crippen LogP contribution in [0.3, 0.4) is 0 Å². The van der Waals surface area contributed by atoms with Gasteiger partial charge in [-0.15, -0.1) is 0 Å². The third-order valence-corrected chi connectivity index (χ3v) is 1.97. The quantitative estimate of drug-likeness (QED) is 0.344. The lowest BCUT2D eigenvalue weighted by Gasteiger charge is -2.21. The van der Waals surface area contributed by atoms with Crippen molar-refractivity contribution in [3.05, 3.63) is 0 Å². The van der Waals surface area contributed by atoms with Crippen LogP contribution in [0.4, 0.5) is 0 Å². The van der Waals surface area contributed by atoms with Gasteiger partial charge in [0.15, 0.2) is 0 Å². The van der Waals surface area contributed by atoms with Gasteiger partial charge in [-0.05, 0) is 0 Å². The number of ether oxygens (including phenoxy) is 2. The average molecular weight is 208 g/mol. The Morgan fingerprint density at radius 1 is 1.29 bits per heavy atom. The Balaban J connectivity index is 2.08. The van der Waals surface area contributed by atoms with Crippen LogP contribution >= 0.6 is 0 Å². The molecule has 4 N–H and O–H groups in total. The summed E-state index contributed by atoms with van der Waals surface area (Å²) in [6.07, 6.45) is -3.83. The Hall–Kier alpha value is -0.240. The molecule has 0 radical (unpaired) electrons. The number of aliphatic hydroxyl groups excluding tert-OH is 4. The Kier molecular flexibility index (Phi) is 4.73. The van der Waals surface area contributed by atoms with E-state index < -0.39 is 24.9 Å². The molecule has 4 atom stereocenters. The summed E-state index contributed by atoms with van der Waals surface area (Å²) in [5.74, 6) is 0. The van der Waals surface area contributed by atoms with Crippen molar-refractivity contribution in [2.75, 3.05) is 26.4 Å². The third kappa shape index (κ3) is 3.87. The molecule has 0 aromatic carbocycles. The summed E-state index contributed by atoms with van der Waals surface area (Å²) in [6, 6.07) is 0. The van der Waals surface area contributed by atoms with Crippen molar-refractivity contribution in [1.82, 2.24) is 0 Å². The van der Waals surface area contributed by atoms with E-state index in [1.165, 1.54) is 0 Å². The molecule has 0 aromatic heterocycles. The van der Waals surface area contributed by atoms with Crippen molar-refractivity contribution >= 4 is 0 Å². The molecule has 14 heavy (non-hydrogen) atoms. The second-order valence-corrected chi connectivity index (χ2v) is 3.30. The predicted molar refractivity (Wildman–Crippen MR) is 45.7 cm³/mol. The van der Waals surface area contributed by atoms with Crippen LogP contribution in [0.1, 0.15) is 0 Å². The SMILES string of the molecule is OC[C@@H](O)[C@H](O)[C@@H](O)COCC1CO1. The summed E-state index contributed by atoms with van der Waals surface area (Å²) in [6.45, 7) is 0.360.